The number of amides is 5. The summed E-state index contributed by atoms with van der Waals surface area (Å²) in [6.07, 6.45) is 10.6. The number of hydrogen-bond donors (Lipinski definition) is 8. The van der Waals surface area contributed by atoms with Gasteiger partial charge in [-0.3, -0.25) is 24.0 Å². The average molecular weight is 859 g/mol. The summed E-state index contributed by atoms with van der Waals surface area (Å²) in [4.78, 5) is 64.9. The van der Waals surface area contributed by atoms with Crippen LogP contribution in [0.5, 0.6) is 0 Å². The number of rotatable bonds is 39. The van der Waals surface area contributed by atoms with Crippen LogP contribution in [0.1, 0.15) is 123 Å². The molecule has 1 fully saturated rings. The molecule has 0 aliphatic carbocycles. The first-order chi connectivity index (χ1) is 28.9. The van der Waals surface area contributed by atoms with Crippen LogP contribution in [-0.4, -0.2) is 155 Å². The first-order valence-corrected chi connectivity index (χ1v) is 22.5. The Bertz CT molecular complexity index is 1090. The fraction of sp³-hybridized carbons (Fsp3) is 0.881. The van der Waals surface area contributed by atoms with Gasteiger partial charge < -0.3 is 67.4 Å². The molecule has 1 saturated heterocycles. The van der Waals surface area contributed by atoms with Crippen molar-refractivity contribution in [3.8, 4) is 0 Å². The maximum Gasteiger partial charge on any atom is 0.222 e. The molecule has 0 aromatic rings. The van der Waals surface area contributed by atoms with Gasteiger partial charge in [0.1, 0.15) is 5.54 Å². The Hall–Kier alpha value is -2.97. The van der Waals surface area contributed by atoms with Crippen LogP contribution in [0.3, 0.4) is 0 Å². The van der Waals surface area contributed by atoms with Crippen LogP contribution < -0.4 is 38.5 Å². The number of nitrogens with zero attached hydrogens (tertiary/aromatic N) is 1. The summed E-state index contributed by atoms with van der Waals surface area (Å²) in [5.41, 5.74) is 15.4. The quantitative estimate of drug-likeness (QED) is 0.0397. The molecule has 60 heavy (non-hydrogen) atoms. The normalized spacial score (nSPS) is 15.3. The number of likely N-dealkylation sites (tertiary alicyclic amines) is 1. The largest absolute Gasteiger partial charge is 0.391 e. The molecule has 1 rings (SSSR count). The number of carbonyl (C=O) groups is 5. The highest BCUT2D eigenvalue weighted by Crippen LogP contribution is 2.21. The number of ether oxygens (including phenoxy) is 4. The zero-order valence-corrected chi connectivity index (χ0v) is 37.0. The van der Waals surface area contributed by atoms with Crippen molar-refractivity contribution in [2.24, 2.45) is 17.2 Å². The van der Waals surface area contributed by atoms with E-state index in [1.807, 2.05) is 13.8 Å². The minimum Gasteiger partial charge on any atom is -0.391 e. The third-order valence-corrected chi connectivity index (χ3v) is 9.95. The minimum atomic E-state index is -1.15. The van der Waals surface area contributed by atoms with Crippen molar-refractivity contribution in [2.75, 3.05) is 92.1 Å². The third kappa shape index (κ3) is 28.5. The number of hydrogen-bond acceptors (Lipinski definition) is 13. The van der Waals surface area contributed by atoms with E-state index in [9.17, 15) is 29.1 Å². The van der Waals surface area contributed by atoms with Gasteiger partial charge in [0.2, 0.25) is 29.5 Å². The molecule has 1 aliphatic heterocycles. The van der Waals surface area contributed by atoms with Crippen LogP contribution in [0, 0.1) is 0 Å². The van der Waals surface area contributed by atoms with Gasteiger partial charge in [0.05, 0.1) is 64.5 Å². The first kappa shape index (κ1) is 55.0. The molecule has 18 nitrogen and oxygen atoms in total. The van der Waals surface area contributed by atoms with E-state index in [1.54, 1.807) is 4.90 Å². The predicted molar refractivity (Wildman–Crippen MR) is 231 cm³/mol. The van der Waals surface area contributed by atoms with E-state index in [4.69, 9.17) is 36.1 Å². The number of β-amino-alcohol motifs (C(OH)–C–C–N with tert-alkyl or cyclic N) is 1. The topological polar surface area (TPSA) is 272 Å². The molecule has 0 aromatic carbocycles. The Balaban J connectivity index is 2.67. The lowest BCUT2D eigenvalue weighted by Gasteiger charge is -2.34. The Labute approximate surface area is 359 Å². The number of carbonyl (C=O) groups excluding carboxylic acids is 5. The second-order valence-electron chi connectivity index (χ2n) is 16.0. The summed E-state index contributed by atoms with van der Waals surface area (Å²) in [5, 5.41) is 21.6. The second-order valence-corrected chi connectivity index (χ2v) is 16.0. The van der Waals surface area contributed by atoms with Crippen LogP contribution in [0.2, 0.25) is 0 Å². The van der Waals surface area contributed by atoms with Gasteiger partial charge in [-0.25, -0.2) is 0 Å². The van der Waals surface area contributed by atoms with Gasteiger partial charge in [0.25, 0.3) is 0 Å². The van der Waals surface area contributed by atoms with E-state index in [-0.39, 0.29) is 107 Å². The van der Waals surface area contributed by atoms with Crippen molar-refractivity contribution in [3.63, 3.8) is 0 Å². The molecule has 0 spiro atoms. The monoisotopic (exact) mass is 859 g/mol. The van der Waals surface area contributed by atoms with Crippen molar-refractivity contribution in [1.29, 1.82) is 0 Å². The predicted octanol–water partition coefficient (Wildman–Crippen LogP) is 0.744. The summed E-state index contributed by atoms with van der Waals surface area (Å²) in [6.45, 7) is 7.77. The number of nitrogens with one attached hydrogen (secondary N) is 4. The zero-order chi connectivity index (χ0) is 44.3. The van der Waals surface area contributed by atoms with Crippen LogP contribution in [0.15, 0.2) is 0 Å². The summed E-state index contributed by atoms with van der Waals surface area (Å²) < 4.78 is 23.6. The molecule has 0 bridgehead atoms. The molecule has 0 saturated carbocycles. The van der Waals surface area contributed by atoms with Crippen molar-refractivity contribution >= 4 is 29.5 Å². The van der Waals surface area contributed by atoms with Crippen molar-refractivity contribution in [3.05, 3.63) is 0 Å². The van der Waals surface area contributed by atoms with Crippen molar-refractivity contribution < 1.29 is 48.0 Å². The molecule has 11 N–H and O–H groups in total. The smallest absolute Gasteiger partial charge is 0.222 e. The van der Waals surface area contributed by atoms with Gasteiger partial charge in [0, 0.05) is 58.3 Å². The summed E-state index contributed by atoms with van der Waals surface area (Å²) in [7, 11) is 0. The van der Waals surface area contributed by atoms with Gasteiger partial charge in [-0.1, -0.05) is 38.5 Å². The zero-order valence-electron chi connectivity index (χ0n) is 37.0. The van der Waals surface area contributed by atoms with Gasteiger partial charge >= 0.3 is 0 Å². The van der Waals surface area contributed by atoms with Crippen molar-refractivity contribution in [1.82, 2.24) is 26.2 Å². The van der Waals surface area contributed by atoms with E-state index in [0.717, 1.165) is 44.9 Å². The number of unbranched alkanes of at least 4 members (excludes halogenated alkanes) is 7. The van der Waals surface area contributed by atoms with Crippen LogP contribution >= 0.6 is 0 Å². The highest BCUT2D eigenvalue weighted by Gasteiger charge is 2.35. The SMILES string of the molecule is CC(C)OCC1C[C@@H](O)CN1C(=O)CCCCCCCCCCC(=O)NC(COCCC(=O)NCCCN)(COCCC(=O)NCCCN)COCCC(=O)NCCCN. The van der Waals surface area contributed by atoms with E-state index >= 15 is 0 Å². The molecular weight excluding hydrogens is 777 g/mol. The van der Waals surface area contributed by atoms with Gasteiger partial charge in [-0.05, 0) is 72.0 Å². The maximum absolute atomic E-state index is 13.4. The Kier molecular flexibility index (Phi) is 32.7. The summed E-state index contributed by atoms with van der Waals surface area (Å²) >= 11 is 0. The van der Waals surface area contributed by atoms with E-state index in [0.29, 0.717) is 90.9 Å². The maximum atomic E-state index is 13.4. The number of nitrogens with two attached hydrogens (primary N) is 3. The Morgan fingerprint density at radius 3 is 1.45 bits per heavy atom. The van der Waals surface area contributed by atoms with Gasteiger partial charge in [0.15, 0.2) is 0 Å². The van der Waals surface area contributed by atoms with Crippen LogP contribution in [0.4, 0.5) is 0 Å². The van der Waals surface area contributed by atoms with Crippen molar-refractivity contribution in [2.45, 2.75) is 147 Å². The molecular formula is C42H82N8O10. The lowest BCUT2D eigenvalue weighted by molar-refractivity contribution is -0.134. The molecule has 5 amide bonds. The van der Waals surface area contributed by atoms with E-state index < -0.39 is 11.6 Å². The molecule has 1 heterocycles. The summed E-state index contributed by atoms with van der Waals surface area (Å²) in [5.74, 6) is -0.662. The fourth-order valence-electron chi connectivity index (χ4n) is 6.57. The van der Waals surface area contributed by atoms with Gasteiger partial charge in [-0.2, -0.15) is 0 Å². The van der Waals surface area contributed by atoms with E-state index in [1.165, 1.54) is 0 Å². The Morgan fingerprint density at radius 1 is 0.617 bits per heavy atom. The molecule has 0 aromatic heterocycles. The summed E-state index contributed by atoms with van der Waals surface area (Å²) in [6, 6.07) is -0.0623. The lowest BCUT2D eigenvalue weighted by Crippen LogP contribution is -2.58. The average Bonchev–Trinajstić information content (AvgIpc) is 3.60. The standard InChI is InChI=1S/C42H82N8O10/c1-34(2)60-30-35-28-36(51)29-50(35)41(56)15-10-8-6-4-3-5-7-9-14-40(55)49-42(31-57-25-16-37(52)46-22-11-19-43,32-58-26-17-38(53)47-23-12-20-44)33-59-27-18-39(54)48-24-13-21-45/h34-36,51H,3-33,43-45H2,1-2H3,(H,46,52)(H,47,53)(H,48,54)(H,49,55)/t35?,36-/m1/s1. The van der Waals surface area contributed by atoms with Crippen LogP contribution in [0.25, 0.3) is 0 Å². The Morgan fingerprint density at radius 2 is 1.03 bits per heavy atom. The fourth-order valence-corrected chi connectivity index (χ4v) is 6.57. The highest BCUT2D eigenvalue weighted by molar-refractivity contribution is 5.78. The number of aliphatic hydroxyl groups excluding tert-OH is 1. The lowest BCUT2D eigenvalue weighted by atomic mass is 10.0. The second kappa shape index (κ2) is 35.6. The van der Waals surface area contributed by atoms with E-state index in [2.05, 4.69) is 21.3 Å². The molecule has 2 atom stereocenters. The third-order valence-electron chi connectivity index (χ3n) is 9.95. The van der Waals surface area contributed by atoms with Gasteiger partial charge in [-0.15, -0.1) is 0 Å². The molecule has 0 radical (unpaired) electrons. The molecule has 18 heteroatoms. The molecule has 350 valence electrons. The van der Waals surface area contributed by atoms with Crippen LogP contribution in [-0.2, 0) is 42.9 Å². The minimum absolute atomic E-state index is 0.0288. The first-order valence-electron chi connectivity index (χ1n) is 22.5. The molecule has 1 aliphatic rings. The number of aliphatic hydroxyl groups is 1. The highest BCUT2D eigenvalue weighted by atomic mass is 16.5. The molecule has 1 unspecified atom stereocenters.